The van der Waals surface area contributed by atoms with Gasteiger partial charge in [0.25, 0.3) is 0 Å². The first-order valence-corrected chi connectivity index (χ1v) is 10.4. The Morgan fingerprint density at radius 2 is 1.87 bits per heavy atom. The number of carbonyl (C=O) groups excluding carboxylic acids is 1. The average Bonchev–Trinajstić information content (AvgIpc) is 2.80. The van der Waals surface area contributed by atoms with E-state index in [0.29, 0.717) is 6.42 Å². The molecule has 3 heterocycles. The maximum Gasteiger partial charge on any atom is 0.227 e. The molecule has 4 rings (SSSR count). The first-order valence-electron chi connectivity index (χ1n) is 10.4. The van der Waals surface area contributed by atoms with Crippen LogP contribution in [0.25, 0.3) is 11.1 Å². The molecule has 1 atom stereocenters. The SMILES string of the molecule is CNC(=O)[C@]1(Cc2ccccc2-c2cncnc2)CCCN(Cc2ccncc2)C1. The molecule has 0 spiro atoms. The van der Waals surface area contributed by atoms with Crippen LogP contribution in [0.5, 0.6) is 0 Å². The Morgan fingerprint density at radius 1 is 1.10 bits per heavy atom. The Labute approximate surface area is 177 Å². The first kappa shape index (κ1) is 20.2. The summed E-state index contributed by atoms with van der Waals surface area (Å²) in [6, 6.07) is 12.4. The van der Waals surface area contributed by atoms with Crippen molar-refractivity contribution >= 4 is 5.91 Å². The fourth-order valence-corrected chi connectivity index (χ4v) is 4.54. The molecule has 0 saturated carbocycles. The minimum atomic E-state index is -0.466. The van der Waals surface area contributed by atoms with Gasteiger partial charge in [0.15, 0.2) is 0 Å². The third-order valence-corrected chi connectivity index (χ3v) is 5.94. The van der Waals surface area contributed by atoms with Gasteiger partial charge in [0.1, 0.15) is 6.33 Å². The average molecular weight is 402 g/mol. The summed E-state index contributed by atoms with van der Waals surface area (Å²) in [6.07, 6.45) is 11.4. The Bertz CT molecular complexity index is 979. The Balaban J connectivity index is 1.63. The molecular weight excluding hydrogens is 374 g/mol. The fraction of sp³-hybridized carbons (Fsp3) is 0.333. The number of piperidine rings is 1. The van der Waals surface area contributed by atoms with E-state index in [0.717, 1.165) is 49.2 Å². The maximum absolute atomic E-state index is 13.2. The van der Waals surface area contributed by atoms with E-state index in [-0.39, 0.29) is 5.91 Å². The predicted octanol–water partition coefficient (Wildman–Crippen LogP) is 3.11. The molecule has 3 aromatic rings. The molecule has 1 amide bonds. The van der Waals surface area contributed by atoms with Crippen LogP contribution in [-0.2, 0) is 17.8 Å². The molecule has 0 radical (unpaired) electrons. The molecule has 1 aliphatic rings. The third kappa shape index (κ3) is 4.39. The highest BCUT2D eigenvalue weighted by atomic mass is 16.2. The zero-order valence-electron chi connectivity index (χ0n) is 17.3. The lowest BCUT2D eigenvalue weighted by atomic mass is 9.73. The summed E-state index contributed by atoms with van der Waals surface area (Å²) >= 11 is 0. The summed E-state index contributed by atoms with van der Waals surface area (Å²) in [5.41, 5.74) is 3.98. The zero-order valence-corrected chi connectivity index (χ0v) is 17.3. The van der Waals surface area contributed by atoms with Crippen molar-refractivity contribution < 1.29 is 4.79 Å². The molecule has 0 bridgehead atoms. The molecule has 30 heavy (non-hydrogen) atoms. The number of hydrogen-bond acceptors (Lipinski definition) is 5. The van der Waals surface area contributed by atoms with Crippen LogP contribution >= 0.6 is 0 Å². The quantitative estimate of drug-likeness (QED) is 0.687. The lowest BCUT2D eigenvalue weighted by Crippen LogP contribution is -2.52. The van der Waals surface area contributed by atoms with Gasteiger partial charge >= 0.3 is 0 Å². The second-order valence-electron chi connectivity index (χ2n) is 7.99. The van der Waals surface area contributed by atoms with Crippen LogP contribution in [0.2, 0.25) is 0 Å². The Kier molecular flexibility index (Phi) is 6.14. The van der Waals surface area contributed by atoms with E-state index in [9.17, 15) is 4.79 Å². The molecule has 0 aliphatic carbocycles. The van der Waals surface area contributed by atoms with Gasteiger partial charge in [-0.1, -0.05) is 24.3 Å². The van der Waals surface area contributed by atoms with Gasteiger partial charge in [-0.05, 0) is 54.6 Å². The normalized spacial score (nSPS) is 19.4. The summed E-state index contributed by atoms with van der Waals surface area (Å²) in [6.45, 7) is 2.55. The summed E-state index contributed by atoms with van der Waals surface area (Å²) in [5, 5.41) is 2.94. The smallest absolute Gasteiger partial charge is 0.227 e. The molecule has 2 aromatic heterocycles. The highest BCUT2D eigenvalue weighted by Crippen LogP contribution is 2.37. The second-order valence-corrected chi connectivity index (χ2v) is 7.99. The van der Waals surface area contributed by atoms with Crippen LogP contribution in [0, 0.1) is 5.41 Å². The van der Waals surface area contributed by atoms with E-state index in [1.54, 1.807) is 7.05 Å². The summed E-state index contributed by atoms with van der Waals surface area (Å²) in [7, 11) is 1.74. The number of amides is 1. The standard InChI is InChI=1S/C24H27N5O/c1-25-23(30)24(9-4-12-29(17-24)16-19-7-10-26-11-8-19)13-20-5-2-3-6-22(20)21-14-27-18-28-15-21/h2-3,5-8,10-11,14-15,18H,4,9,12-13,16-17H2,1H3,(H,25,30)/t24-/m0/s1. The van der Waals surface area contributed by atoms with Gasteiger partial charge in [-0.2, -0.15) is 0 Å². The lowest BCUT2D eigenvalue weighted by molar-refractivity contribution is -0.134. The van der Waals surface area contributed by atoms with Gasteiger partial charge in [0.2, 0.25) is 5.91 Å². The predicted molar refractivity (Wildman–Crippen MR) is 116 cm³/mol. The summed E-state index contributed by atoms with van der Waals surface area (Å²) in [5.74, 6) is 0.112. The molecule has 6 heteroatoms. The number of hydrogen-bond donors (Lipinski definition) is 1. The van der Waals surface area contributed by atoms with Crippen molar-refractivity contribution in [1.82, 2.24) is 25.2 Å². The highest BCUT2D eigenvalue weighted by Gasteiger charge is 2.42. The molecule has 1 aliphatic heterocycles. The minimum absolute atomic E-state index is 0.112. The fourth-order valence-electron chi connectivity index (χ4n) is 4.54. The number of nitrogens with zero attached hydrogens (tertiary/aromatic N) is 4. The van der Waals surface area contributed by atoms with Crippen LogP contribution in [0.4, 0.5) is 0 Å². The van der Waals surface area contributed by atoms with Crippen molar-refractivity contribution in [2.45, 2.75) is 25.8 Å². The molecular formula is C24H27N5O. The molecule has 1 N–H and O–H groups in total. The minimum Gasteiger partial charge on any atom is -0.359 e. The van der Waals surface area contributed by atoms with Gasteiger partial charge in [0.05, 0.1) is 5.41 Å². The molecule has 1 aromatic carbocycles. The van der Waals surface area contributed by atoms with Crippen molar-refractivity contribution in [3.8, 4) is 11.1 Å². The molecule has 0 unspecified atom stereocenters. The van der Waals surface area contributed by atoms with Crippen molar-refractivity contribution in [3.63, 3.8) is 0 Å². The molecule has 1 fully saturated rings. The van der Waals surface area contributed by atoms with E-state index < -0.39 is 5.41 Å². The van der Waals surface area contributed by atoms with E-state index >= 15 is 0 Å². The number of carbonyl (C=O) groups is 1. The zero-order chi connectivity index (χ0) is 20.8. The first-order chi connectivity index (χ1) is 14.7. The van der Waals surface area contributed by atoms with E-state index in [1.165, 1.54) is 11.9 Å². The van der Waals surface area contributed by atoms with Crippen LogP contribution in [-0.4, -0.2) is 45.9 Å². The number of nitrogens with one attached hydrogen (secondary N) is 1. The van der Waals surface area contributed by atoms with E-state index in [1.807, 2.05) is 49.1 Å². The number of rotatable bonds is 6. The number of likely N-dealkylation sites (tertiary alicyclic amines) is 1. The van der Waals surface area contributed by atoms with Gasteiger partial charge in [-0.3, -0.25) is 14.7 Å². The summed E-state index contributed by atoms with van der Waals surface area (Å²) < 4.78 is 0. The van der Waals surface area contributed by atoms with E-state index in [2.05, 4.69) is 37.3 Å². The van der Waals surface area contributed by atoms with Gasteiger partial charge in [-0.25, -0.2) is 9.97 Å². The summed E-state index contributed by atoms with van der Waals surface area (Å²) in [4.78, 5) is 28.0. The number of pyridine rings is 1. The van der Waals surface area contributed by atoms with Crippen LogP contribution in [0.1, 0.15) is 24.0 Å². The maximum atomic E-state index is 13.2. The van der Waals surface area contributed by atoms with Gasteiger partial charge in [0, 0.05) is 50.5 Å². The Morgan fingerprint density at radius 3 is 2.63 bits per heavy atom. The van der Waals surface area contributed by atoms with Crippen molar-refractivity contribution in [3.05, 3.63) is 78.6 Å². The molecule has 1 saturated heterocycles. The van der Waals surface area contributed by atoms with Gasteiger partial charge in [-0.15, -0.1) is 0 Å². The van der Waals surface area contributed by atoms with Crippen LogP contribution in [0.3, 0.4) is 0 Å². The lowest BCUT2D eigenvalue weighted by Gasteiger charge is -2.42. The topological polar surface area (TPSA) is 71.0 Å². The Hall–Kier alpha value is -3.12. The van der Waals surface area contributed by atoms with Crippen LogP contribution in [0.15, 0.2) is 67.5 Å². The largest absolute Gasteiger partial charge is 0.359 e. The van der Waals surface area contributed by atoms with Crippen molar-refractivity contribution in [1.29, 1.82) is 0 Å². The third-order valence-electron chi connectivity index (χ3n) is 5.94. The molecule has 154 valence electrons. The van der Waals surface area contributed by atoms with Crippen LogP contribution < -0.4 is 5.32 Å². The highest BCUT2D eigenvalue weighted by molar-refractivity contribution is 5.83. The monoisotopic (exact) mass is 401 g/mol. The van der Waals surface area contributed by atoms with Crippen molar-refractivity contribution in [2.75, 3.05) is 20.1 Å². The van der Waals surface area contributed by atoms with E-state index in [4.69, 9.17) is 0 Å². The number of benzene rings is 1. The van der Waals surface area contributed by atoms with Crippen molar-refractivity contribution in [2.24, 2.45) is 5.41 Å². The second kappa shape index (κ2) is 9.13. The number of aromatic nitrogens is 3. The molecule has 6 nitrogen and oxygen atoms in total. The van der Waals surface area contributed by atoms with Gasteiger partial charge < -0.3 is 5.32 Å².